The van der Waals surface area contributed by atoms with Crippen molar-refractivity contribution in [3.8, 4) is 0 Å². The minimum atomic E-state index is -0.331. The lowest BCUT2D eigenvalue weighted by Gasteiger charge is -2.14. The summed E-state index contributed by atoms with van der Waals surface area (Å²) < 4.78 is -0.331. The van der Waals surface area contributed by atoms with Crippen molar-refractivity contribution in [2.24, 2.45) is 5.73 Å². The van der Waals surface area contributed by atoms with Crippen LogP contribution in [-0.4, -0.2) is 10.5 Å². The summed E-state index contributed by atoms with van der Waals surface area (Å²) in [5.41, 5.74) is 10.4. The molecule has 4 heteroatoms. The molecule has 2 rings (SSSR count). The van der Waals surface area contributed by atoms with Gasteiger partial charge in [0.1, 0.15) is 4.58 Å². The third kappa shape index (κ3) is 4.82. The second-order valence-electron chi connectivity index (χ2n) is 5.62. The summed E-state index contributed by atoms with van der Waals surface area (Å²) in [4.78, 5) is 14.0. The molecule has 2 nitrogen and oxygen atoms in total. The van der Waals surface area contributed by atoms with Crippen molar-refractivity contribution in [3.63, 3.8) is 0 Å². The molecule has 0 saturated carbocycles. The van der Waals surface area contributed by atoms with Crippen LogP contribution < -0.4 is 5.73 Å². The molecule has 2 aromatic carbocycles. The number of aryl methyl sites for hydroxylation is 4. The molecule has 0 aliphatic heterocycles. The normalized spacial score (nSPS) is 11.0. The first-order chi connectivity index (χ1) is 10.3. The van der Waals surface area contributed by atoms with Gasteiger partial charge in [0, 0.05) is 9.79 Å². The van der Waals surface area contributed by atoms with Gasteiger partial charge in [0.2, 0.25) is 5.91 Å². The Labute approximate surface area is 140 Å². The highest BCUT2D eigenvalue weighted by atomic mass is 32.2. The van der Waals surface area contributed by atoms with Crippen molar-refractivity contribution in [1.29, 1.82) is 0 Å². The van der Waals surface area contributed by atoms with Gasteiger partial charge in [-0.2, -0.15) is 0 Å². The van der Waals surface area contributed by atoms with Crippen molar-refractivity contribution in [3.05, 3.63) is 58.7 Å². The first-order valence-corrected chi connectivity index (χ1v) is 8.88. The van der Waals surface area contributed by atoms with Gasteiger partial charge >= 0.3 is 0 Å². The number of hydrogen-bond donors (Lipinski definition) is 1. The average molecular weight is 332 g/mol. The fourth-order valence-electron chi connectivity index (χ4n) is 2.39. The van der Waals surface area contributed by atoms with E-state index in [0.717, 1.165) is 9.79 Å². The molecular formula is C18H21NOS2. The Balaban J connectivity index is 2.21. The highest BCUT2D eigenvalue weighted by molar-refractivity contribution is 8.18. The Morgan fingerprint density at radius 3 is 1.36 bits per heavy atom. The van der Waals surface area contributed by atoms with Crippen LogP contribution in [0.2, 0.25) is 0 Å². The second-order valence-corrected chi connectivity index (χ2v) is 8.27. The molecule has 0 bridgehead atoms. The van der Waals surface area contributed by atoms with E-state index in [1.807, 2.05) is 0 Å². The van der Waals surface area contributed by atoms with Gasteiger partial charge in [-0.1, -0.05) is 12.1 Å². The molecule has 0 unspecified atom stereocenters. The van der Waals surface area contributed by atoms with Crippen LogP contribution in [0.4, 0.5) is 0 Å². The fourth-order valence-corrected chi connectivity index (χ4v) is 4.99. The van der Waals surface area contributed by atoms with E-state index in [1.54, 1.807) is 0 Å². The van der Waals surface area contributed by atoms with E-state index in [2.05, 4.69) is 64.1 Å². The monoisotopic (exact) mass is 331 g/mol. The second kappa shape index (κ2) is 7.25. The number of carbonyl (C=O) groups is 1. The minimum Gasteiger partial charge on any atom is -0.368 e. The van der Waals surface area contributed by atoms with Crippen LogP contribution in [0.15, 0.2) is 46.2 Å². The number of primary amides is 1. The van der Waals surface area contributed by atoms with Crippen LogP contribution in [-0.2, 0) is 4.79 Å². The summed E-state index contributed by atoms with van der Waals surface area (Å²) in [7, 11) is 0. The van der Waals surface area contributed by atoms with Crippen molar-refractivity contribution in [2.45, 2.75) is 42.1 Å². The van der Waals surface area contributed by atoms with Gasteiger partial charge in [-0.15, -0.1) is 23.5 Å². The van der Waals surface area contributed by atoms with Crippen LogP contribution in [0.3, 0.4) is 0 Å². The summed E-state index contributed by atoms with van der Waals surface area (Å²) in [6, 6.07) is 12.6. The molecular weight excluding hydrogens is 310 g/mol. The minimum absolute atomic E-state index is 0.298. The fraction of sp³-hybridized carbons (Fsp3) is 0.278. The maximum Gasteiger partial charge on any atom is 0.241 e. The van der Waals surface area contributed by atoms with Gasteiger partial charge in [0.15, 0.2) is 0 Å². The first-order valence-electron chi connectivity index (χ1n) is 7.13. The predicted octanol–water partition coefficient (Wildman–Crippen LogP) is 4.62. The highest BCUT2D eigenvalue weighted by Crippen LogP contribution is 2.36. The third-order valence-corrected chi connectivity index (χ3v) is 5.59. The SMILES string of the molecule is Cc1cc(C)cc(SC(Sc2cc(C)cc(C)c2)C(N)=O)c1. The summed E-state index contributed by atoms with van der Waals surface area (Å²) >= 11 is 3.04. The standard InChI is InChI=1S/C18H21NOS2/c1-11-5-12(2)8-15(7-11)21-18(17(19)20)22-16-9-13(3)6-14(4)10-16/h5-10,18H,1-4H3,(H2,19,20). The van der Waals surface area contributed by atoms with Gasteiger partial charge in [0.25, 0.3) is 0 Å². The Morgan fingerprint density at radius 2 is 1.09 bits per heavy atom. The topological polar surface area (TPSA) is 43.1 Å². The summed E-state index contributed by atoms with van der Waals surface area (Å²) in [6.45, 7) is 8.25. The average Bonchev–Trinajstić information content (AvgIpc) is 2.35. The lowest BCUT2D eigenvalue weighted by Crippen LogP contribution is -2.22. The zero-order chi connectivity index (χ0) is 16.3. The highest BCUT2D eigenvalue weighted by Gasteiger charge is 2.19. The number of rotatable bonds is 5. The van der Waals surface area contributed by atoms with Gasteiger partial charge in [0.05, 0.1) is 0 Å². The van der Waals surface area contributed by atoms with E-state index in [-0.39, 0.29) is 10.5 Å². The van der Waals surface area contributed by atoms with E-state index in [9.17, 15) is 4.79 Å². The summed E-state index contributed by atoms with van der Waals surface area (Å²) in [5.74, 6) is -0.298. The van der Waals surface area contributed by atoms with Crippen LogP contribution in [0.25, 0.3) is 0 Å². The Kier molecular flexibility index (Phi) is 5.59. The molecule has 1 amide bonds. The van der Waals surface area contributed by atoms with E-state index in [1.165, 1.54) is 45.8 Å². The van der Waals surface area contributed by atoms with Crippen LogP contribution in [0.1, 0.15) is 22.3 Å². The van der Waals surface area contributed by atoms with Crippen LogP contribution in [0, 0.1) is 27.7 Å². The molecule has 116 valence electrons. The Bertz CT molecular complexity index is 603. The molecule has 0 aliphatic carbocycles. The molecule has 0 saturated heterocycles. The van der Waals surface area contributed by atoms with E-state index >= 15 is 0 Å². The van der Waals surface area contributed by atoms with Crippen molar-refractivity contribution >= 4 is 29.4 Å². The largest absolute Gasteiger partial charge is 0.368 e. The van der Waals surface area contributed by atoms with Crippen molar-refractivity contribution in [2.75, 3.05) is 0 Å². The lowest BCUT2D eigenvalue weighted by atomic mass is 10.2. The zero-order valence-corrected chi connectivity index (χ0v) is 15.0. The number of thioether (sulfide) groups is 2. The number of hydrogen-bond acceptors (Lipinski definition) is 3. The number of amides is 1. The molecule has 0 atom stereocenters. The van der Waals surface area contributed by atoms with E-state index < -0.39 is 0 Å². The molecule has 0 aromatic heterocycles. The molecule has 0 heterocycles. The van der Waals surface area contributed by atoms with Crippen LogP contribution in [0.5, 0.6) is 0 Å². The molecule has 2 aromatic rings. The molecule has 0 spiro atoms. The molecule has 0 aliphatic rings. The number of carbonyl (C=O) groups excluding carboxylic acids is 1. The van der Waals surface area contributed by atoms with Crippen molar-refractivity contribution < 1.29 is 4.79 Å². The quantitative estimate of drug-likeness (QED) is 0.642. The van der Waals surface area contributed by atoms with Crippen LogP contribution >= 0.6 is 23.5 Å². The van der Waals surface area contributed by atoms with Crippen molar-refractivity contribution in [1.82, 2.24) is 0 Å². The number of nitrogens with two attached hydrogens (primary N) is 1. The summed E-state index contributed by atoms with van der Waals surface area (Å²) in [5, 5.41) is 0. The van der Waals surface area contributed by atoms with Gasteiger partial charge < -0.3 is 5.73 Å². The number of benzene rings is 2. The van der Waals surface area contributed by atoms with E-state index in [4.69, 9.17) is 5.73 Å². The van der Waals surface area contributed by atoms with Gasteiger partial charge in [-0.3, -0.25) is 4.79 Å². The zero-order valence-electron chi connectivity index (χ0n) is 13.3. The third-order valence-electron chi connectivity index (χ3n) is 3.11. The Hall–Kier alpha value is -1.39. The lowest BCUT2D eigenvalue weighted by molar-refractivity contribution is -0.116. The molecule has 0 radical (unpaired) electrons. The maximum absolute atomic E-state index is 11.8. The first kappa shape index (κ1) is 17.0. The smallest absolute Gasteiger partial charge is 0.241 e. The molecule has 0 fully saturated rings. The Morgan fingerprint density at radius 1 is 0.773 bits per heavy atom. The van der Waals surface area contributed by atoms with E-state index in [0.29, 0.717) is 0 Å². The van der Waals surface area contributed by atoms with Gasteiger partial charge in [-0.05, 0) is 74.2 Å². The van der Waals surface area contributed by atoms with Gasteiger partial charge in [-0.25, -0.2) is 0 Å². The summed E-state index contributed by atoms with van der Waals surface area (Å²) in [6.07, 6.45) is 0. The molecule has 22 heavy (non-hydrogen) atoms. The molecule has 2 N–H and O–H groups in total. The predicted molar refractivity (Wildman–Crippen MR) is 96.5 cm³/mol. The maximum atomic E-state index is 11.8.